The molecule has 0 saturated carbocycles. The summed E-state index contributed by atoms with van der Waals surface area (Å²) in [5.74, 6) is 0.736. The number of esters is 1. The van der Waals surface area contributed by atoms with Gasteiger partial charge in [-0.3, -0.25) is 4.79 Å². The third-order valence-corrected chi connectivity index (χ3v) is 4.18. The van der Waals surface area contributed by atoms with Gasteiger partial charge in [0, 0.05) is 19.5 Å². The largest absolute Gasteiger partial charge is 0.462 e. The molecule has 0 aromatic carbocycles. The van der Waals surface area contributed by atoms with Crippen molar-refractivity contribution in [2.75, 3.05) is 33.2 Å². The Morgan fingerprint density at radius 1 is 1.22 bits per heavy atom. The average Bonchev–Trinajstić information content (AvgIpc) is 2.40. The number of piperidine rings is 2. The lowest BCUT2D eigenvalue weighted by Gasteiger charge is -2.29. The summed E-state index contributed by atoms with van der Waals surface area (Å²) in [5, 5.41) is 3.35. The smallest absolute Gasteiger partial charge is 0.306 e. The summed E-state index contributed by atoms with van der Waals surface area (Å²) in [5.41, 5.74) is 0. The third kappa shape index (κ3) is 4.58. The third-order valence-electron chi connectivity index (χ3n) is 4.18. The van der Waals surface area contributed by atoms with Gasteiger partial charge in [-0.1, -0.05) is 0 Å². The topological polar surface area (TPSA) is 41.6 Å². The highest BCUT2D eigenvalue weighted by atomic mass is 16.5. The number of carbonyl (C=O) groups is 1. The fraction of sp³-hybridized carbons (Fsp3) is 0.929. The molecule has 0 unspecified atom stereocenters. The zero-order valence-electron chi connectivity index (χ0n) is 11.5. The first-order chi connectivity index (χ1) is 8.74. The maximum absolute atomic E-state index is 11.8. The first-order valence-corrected chi connectivity index (χ1v) is 7.33. The van der Waals surface area contributed by atoms with E-state index < -0.39 is 0 Å². The number of likely N-dealkylation sites (tertiary alicyclic amines) is 1. The molecule has 0 aromatic heterocycles. The second-order valence-corrected chi connectivity index (χ2v) is 5.72. The lowest BCUT2D eigenvalue weighted by Crippen LogP contribution is -2.35. The van der Waals surface area contributed by atoms with E-state index in [1.807, 2.05) is 0 Å². The van der Waals surface area contributed by atoms with Crippen LogP contribution in [0.2, 0.25) is 0 Å². The van der Waals surface area contributed by atoms with Crippen LogP contribution in [0, 0.1) is 5.92 Å². The summed E-state index contributed by atoms with van der Waals surface area (Å²) in [6.07, 6.45) is 6.19. The number of nitrogens with zero attached hydrogens (tertiary/aromatic N) is 1. The fourth-order valence-corrected chi connectivity index (χ4v) is 2.84. The van der Waals surface area contributed by atoms with Gasteiger partial charge in [0.15, 0.2) is 0 Å². The lowest BCUT2D eigenvalue weighted by atomic mass is 9.93. The molecule has 2 aliphatic heterocycles. The molecule has 2 saturated heterocycles. The molecule has 2 fully saturated rings. The predicted octanol–water partition coefficient (Wildman–Crippen LogP) is 1.40. The Balaban J connectivity index is 1.59. The van der Waals surface area contributed by atoms with Crippen molar-refractivity contribution in [3.8, 4) is 0 Å². The molecule has 0 amide bonds. The van der Waals surface area contributed by atoms with E-state index >= 15 is 0 Å². The molecule has 4 nitrogen and oxygen atoms in total. The van der Waals surface area contributed by atoms with E-state index in [0.29, 0.717) is 6.42 Å². The molecule has 0 radical (unpaired) electrons. The summed E-state index contributed by atoms with van der Waals surface area (Å²) in [6.45, 7) is 4.31. The van der Waals surface area contributed by atoms with E-state index in [0.717, 1.165) is 51.4 Å². The highest BCUT2D eigenvalue weighted by molar-refractivity contribution is 5.69. The molecule has 2 rings (SSSR count). The number of rotatable bonds is 4. The predicted molar refractivity (Wildman–Crippen MR) is 71.4 cm³/mol. The van der Waals surface area contributed by atoms with Gasteiger partial charge in [0.25, 0.3) is 0 Å². The molecule has 1 N–H and O–H groups in total. The first kappa shape index (κ1) is 13.8. The molecule has 2 aliphatic rings. The quantitative estimate of drug-likeness (QED) is 0.770. The van der Waals surface area contributed by atoms with E-state index in [2.05, 4.69) is 17.3 Å². The van der Waals surface area contributed by atoms with Crippen molar-refractivity contribution < 1.29 is 9.53 Å². The molecule has 4 heteroatoms. The minimum absolute atomic E-state index is 0.0167. The van der Waals surface area contributed by atoms with Gasteiger partial charge in [-0.2, -0.15) is 0 Å². The van der Waals surface area contributed by atoms with Crippen LogP contribution >= 0.6 is 0 Å². The van der Waals surface area contributed by atoms with Crippen LogP contribution in [0.5, 0.6) is 0 Å². The standard InChI is InChI=1S/C14H26N2O2/c1-16-10-6-13(7-11-16)18-14(17)3-2-12-4-8-15-9-5-12/h12-13,15H,2-11H2,1H3. The zero-order chi connectivity index (χ0) is 12.8. The van der Waals surface area contributed by atoms with Gasteiger partial charge in [0.1, 0.15) is 6.10 Å². The van der Waals surface area contributed by atoms with Crippen LogP contribution in [0.4, 0.5) is 0 Å². The number of nitrogens with one attached hydrogen (secondary N) is 1. The van der Waals surface area contributed by atoms with Crippen LogP contribution in [0.1, 0.15) is 38.5 Å². The maximum Gasteiger partial charge on any atom is 0.306 e. The van der Waals surface area contributed by atoms with Crippen LogP contribution in [0.15, 0.2) is 0 Å². The number of hydrogen-bond donors (Lipinski definition) is 1. The van der Waals surface area contributed by atoms with E-state index in [4.69, 9.17) is 4.74 Å². The monoisotopic (exact) mass is 254 g/mol. The molecule has 18 heavy (non-hydrogen) atoms. The van der Waals surface area contributed by atoms with Crippen LogP contribution in [0.25, 0.3) is 0 Å². The van der Waals surface area contributed by atoms with Crippen molar-refractivity contribution in [1.29, 1.82) is 0 Å². The Hall–Kier alpha value is -0.610. The zero-order valence-corrected chi connectivity index (χ0v) is 11.5. The Kier molecular flexibility index (Phi) is 5.45. The van der Waals surface area contributed by atoms with Gasteiger partial charge < -0.3 is 15.0 Å². The molecule has 0 spiro atoms. The van der Waals surface area contributed by atoms with Crippen LogP contribution in [0.3, 0.4) is 0 Å². The first-order valence-electron chi connectivity index (χ1n) is 7.33. The maximum atomic E-state index is 11.8. The number of hydrogen-bond acceptors (Lipinski definition) is 4. The SMILES string of the molecule is CN1CCC(OC(=O)CCC2CCNCC2)CC1. The van der Waals surface area contributed by atoms with Crippen LogP contribution < -0.4 is 5.32 Å². The molecule has 0 aliphatic carbocycles. The van der Waals surface area contributed by atoms with Crippen molar-refractivity contribution in [2.45, 2.75) is 44.6 Å². The van der Waals surface area contributed by atoms with Crippen molar-refractivity contribution in [3.63, 3.8) is 0 Å². The summed E-state index contributed by atoms with van der Waals surface area (Å²) in [4.78, 5) is 14.1. The normalized spacial score (nSPS) is 24.1. The number of ether oxygens (including phenoxy) is 1. The van der Waals surface area contributed by atoms with Crippen LogP contribution in [-0.2, 0) is 9.53 Å². The second kappa shape index (κ2) is 7.10. The van der Waals surface area contributed by atoms with Crippen molar-refractivity contribution in [2.24, 2.45) is 5.92 Å². The Labute approximate surface area is 110 Å². The second-order valence-electron chi connectivity index (χ2n) is 5.72. The molecular formula is C14H26N2O2. The fourth-order valence-electron chi connectivity index (χ4n) is 2.84. The molecule has 0 aromatic rings. The molecule has 0 bridgehead atoms. The van der Waals surface area contributed by atoms with E-state index in [-0.39, 0.29) is 12.1 Å². The Morgan fingerprint density at radius 3 is 2.56 bits per heavy atom. The Bertz CT molecular complexity index is 257. The van der Waals surface area contributed by atoms with Gasteiger partial charge in [-0.05, 0) is 58.2 Å². The molecular weight excluding hydrogens is 228 g/mol. The lowest BCUT2D eigenvalue weighted by molar-refractivity contribution is -0.151. The highest BCUT2D eigenvalue weighted by Gasteiger charge is 2.21. The van der Waals surface area contributed by atoms with Gasteiger partial charge in [0.2, 0.25) is 0 Å². The minimum atomic E-state index is 0.0167. The summed E-state index contributed by atoms with van der Waals surface area (Å²) in [6, 6.07) is 0. The summed E-state index contributed by atoms with van der Waals surface area (Å²) in [7, 11) is 2.12. The van der Waals surface area contributed by atoms with Gasteiger partial charge >= 0.3 is 5.97 Å². The minimum Gasteiger partial charge on any atom is -0.462 e. The van der Waals surface area contributed by atoms with E-state index in [9.17, 15) is 4.79 Å². The molecule has 104 valence electrons. The summed E-state index contributed by atoms with van der Waals surface area (Å²) < 4.78 is 5.55. The van der Waals surface area contributed by atoms with Crippen molar-refractivity contribution in [3.05, 3.63) is 0 Å². The number of carbonyl (C=O) groups excluding carboxylic acids is 1. The summed E-state index contributed by atoms with van der Waals surface area (Å²) >= 11 is 0. The molecule has 2 heterocycles. The van der Waals surface area contributed by atoms with Gasteiger partial charge in [-0.15, -0.1) is 0 Å². The van der Waals surface area contributed by atoms with Crippen LogP contribution in [-0.4, -0.2) is 50.2 Å². The van der Waals surface area contributed by atoms with Crippen molar-refractivity contribution in [1.82, 2.24) is 10.2 Å². The van der Waals surface area contributed by atoms with Gasteiger partial charge in [0.05, 0.1) is 0 Å². The molecule has 0 atom stereocenters. The van der Waals surface area contributed by atoms with Gasteiger partial charge in [-0.25, -0.2) is 0 Å². The van der Waals surface area contributed by atoms with E-state index in [1.54, 1.807) is 0 Å². The highest BCUT2D eigenvalue weighted by Crippen LogP contribution is 2.19. The average molecular weight is 254 g/mol. The van der Waals surface area contributed by atoms with Crippen molar-refractivity contribution >= 4 is 5.97 Å². The van der Waals surface area contributed by atoms with E-state index in [1.165, 1.54) is 12.8 Å². The Morgan fingerprint density at radius 2 is 1.89 bits per heavy atom.